The number of nitrogens with zero attached hydrogens (tertiary/aromatic N) is 2. The monoisotopic (exact) mass is 268 g/mol. The Morgan fingerprint density at radius 2 is 2.00 bits per heavy atom. The number of aromatic nitrogens is 1. The summed E-state index contributed by atoms with van der Waals surface area (Å²) in [5.41, 5.74) is 3.19. The zero-order chi connectivity index (χ0) is 13.9. The van der Waals surface area contributed by atoms with Gasteiger partial charge in [0.15, 0.2) is 0 Å². The van der Waals surface area contributed by atoms with Crippen LogP contribution in [-0.4, -0.2) is 29.1 Å². The van der Waals surface area contributed by atoms with Gasteiger partial charge in [0.2, 0.25) is 0 Å². The predicted octanol–water partition coefficient (Wildman–Crippen LogP) is 2.31. The molecule has 1 aromatic carbocycles. The number of carbonyl (C=O) groups is 1. The third-order valence-corrected chi connectivity index (χ3v) is 3.77. The number of rotatable bonds is 4. The van der Waals surface area contributed by atoms with E-state index in [-0.39, 0.29) is 0 Å². The van der Waals surface area contributed by atoms with E-state index in [4.69, 9.17) is 0 Å². The van der Waals surface area contributed by atoms with Gasteiger partial charge in [0.1, 0.15) is 5.92 Å². The summed E-state index contributed by atoms with van der Waals surface area (Å²) < 4.78 is 0. The number of fused-ring (bicyclic) bond motifs is 1. The molecule has 102 valence electrons. The summed E-state index contributed by atoms with van der Waals surface area (Å²) >= 11 is 0. The van der Waals surface area contributed by atoms with Crippen molar-refractivity contribution in [1.82, 2.24) is 4.98 Å². The maximum absolute atomic E-state index is 11.3. The molecule has 0 radical (unpaired) electrons. The van der Waals surface area contributed by atoms with Crippen molar-refractivity contribution < 1.29 is 9.90 Å². The summed E-state index contributed by atoms with van der Waals surface area (Å²) in [5, 5.41) is 9.33. The van der Waals surface area contributed by atoms with Gasteiger partial charge in [-0.05, 0) is 35.7 Å². The fourth-order valence-corrected chi connectivity index (χ4v) is 2.72. The van der Waals surface area contributed by atoms with Crippen molar-refractivity contribution in [3.63, 3.8) is 0 Å². The first-order valence-electron chi connectivity index (χ1n) is 6.71. The molecule has 0 amide bonds. The van der Waals surface area contributed by atoms with Crippen molar-refractivity contribution in [3.8, 4) is 0 Å². The van der Waals surface area contributed by atoms with E-state index in [2.05, 4.69) is 9.88 Å². The molecule has 3 rings (SSSR count). The Labute approximate surface area is 117 Å². The zero-order valence-electron chi connectivity index (χ0n) is 11.1. The van der Waals surface area contributed by atoms with Crippen molar-refractivity contribution in [3.05, 3.63) is 59.9 Å². The van der Waals surface area contributed by atoms with Crippen LogP contribution in [0.15, 0.2) is 48.8 Å². The third kappa shape index (κ3) is 2.37. The zero-order valence-corrected chi connectivity index (χ0v) is 11.1. The lowest BCUT2D eigenvalue weighted by atomic mass is 10.0. The molecule has 0 spiro atoms. The van der Waals surface area contributed by atoms with Crippen LogP contribution < -0.4 is 4.90 Å². The Morgan fingerprint density at radius 1 is 1.25 bits per heavy atom. The number of aliphatic carboxylic acids is 1. The van der Waals surface area contributed by atoms with Crippen LogP contribution in [0.25, 0.3) is 0 Å². The second-order valence-corrected chi connectivity index (χ2v) is 5.00. The van der Waals surface area contributed by atoms with Crippen LogP contribution in [0.4, 0.5) is 5.69 Å². The van der Waals surface area contributed by atoms with Gasteiger partial charge in [-0.25, -0.2) is 0 Å². The van der Waals surface area contributed by atoms with Crippen molar-refractivity contribution in [2.24, 2.45) is 0 Å². The number of hydrogen-bond donors (Lipinski definition) is 1. The van der Waals surface area contributed by atoms with Crippen molar-refractivity contribution in [1.29, 1.82) is 0 Å². The lowest BCUT2D eigenvalue weighted by Gasteiger charge is -2.19. The molecule has 2 heterocycles. The molecule has 1 aromatic heterocycles. The summed E-state index contributed by atoms with van der Waals surface area (Å²) in [6.07, 6.45) is 4.46. The Hall–Kier alpha value is -2.36. The molecular formula is C16H16N2O2. The van der Waals surface area contributed by atoms with E-state index in [0.717, 1.165) is 24.2 Å². The minimum Gasteiger partial charge on any atom is -0.481 e. The van der Waals surface area contributed by atoms with Gasteiger partial charge in [0.25, 0.3) is 0 Å². The van der Waals surface area contributed by atoms with Gasteiger partial charge in [-0.1, -0.05) is 18.2 Å². The van der Waals surface area contributed by atoms with E-state index in [1.54, 1.807) is 12.4 Å². The van der Waals surface area contributed by atoms with Gasteiger partial charge < -0.3 is 10.0 Å². The van der Waals surface area contributed by atoms with Crippen LogP contribution in [-0.2, 0) is 11.2 Å². The van der Waals surface area contributed by atoms with Gasteiger partial charge >= 0.3 is 5.97 Å². The highest BCUT2D eigenvalue weighted by molar-refractivity contribution is 5.82. The average molecular weight is 268 g/mol. The summed E-state index contributed by atoms with van der Waals surface area (Å²) in [6, 6.07) is 11.8. The second-order valence-electron chi connectivity index (χ2n) is 5.00. The first-order chi connectivity index (χ1) is 9.75. The number of para-hydroxylation sites is 1. The molecule has 1 aliphatic heterocycles. The summed E-state index contributed by atoms with van der Waals surface area (Å²) in [5.74, 6) is -1.16. The van der Waals surface area contributed by atoms with E-state index in [0.29, 0.717) is 6.54 Å². The van der Waals surface area contributed by atoms with E-state index < -0.39 is 11.9 Å². The fraction of sp³-hybridized carbons (Fsp3) is 0.250. The van der Waals surface area contributed by atoms with E-state index in [1.165, 1.54) is 5.56 Å². The topological polar surface area (TPSA) is 53.4 Å². The van der Waals surface area contributed by atoms with Crippen LogP contribution in [0.2, 0.25) is 0 Å². The Kier molecular flexibility index (Phi) is 3.37. The third-order valence-electron chi connectivity index (χ3n) is 3.77. The molecular weight excluding hydrogens is 252 g/mol. The Bertz CT molecular complexity index is 613. The number of carboxylic acid groups (broad SMARTS) is 1. The van der Waals surface area contributed by atoms with Gasteiger partial charge in [-0.3, -0.25) is 9.78 Å². The lowest BCUT2D eigenvalue weighted by molar-refractivity contribution is -0.138. The van der Waals surface area contributed by atoms with E-state index in [1.807, 2.05) is 36.4 Å². The average Bonchev–Trinajstić information content (AvgIpc) is 2.85. The SMILES string of the molecule is O=C(O)C1CN(CCc2ccncc2)c2ccccc21. The summed E-state index contributed by atoms with van der Waals surface area (Å²) in [6.45, 7) is 1.38. The molecule has 4 nitrogen and oxygen atoms in total. The molecule has 1 N–H and O–H groups in total. The molecule has 0 bridgehead atoms. The Morgan fingerprint density at radius 3 is 2.75 bits per heavy atom. The molecule has 0 saturated carbocycles. The molecule has 0 saturated heterocycles. The number of benzene rings is 1. The van der Waals surface area contributed by atoms with Gasteiger partial charge in [0, 0.05) is 31.2 Å². The lowest BCUT2D eigenvalue weighted by Crippen LogP contribution is -2.26. The second kappa shape index (κ2) is 5.33. The van der Waals surface area contributed by atoms with Crippen LogP contribution >= 0.6 is 0 Å². The molecule has 1 atom stereocenters. The van der Waals surface area contributed by atoms with Gasteiger partial charge in [-0.15, -0.1) is 0 Å². The molecule has 0 aliphatic carbocycles. The smallest absolute Gasteiger partial charge is 0.312 e. The van der Waals surface area contributed by atoms with E-state index in [9.17, 15) is 9.90 Å². The minimum atomic E-state index is -0.746. The van der Waals surface area contributed by atoms with Gasteiger partial charge in [0.05, 0.1) is 0 Å². The number of hydrogen-bond acceptors (Lipinski definition) is 3. The highest BCUT2D eigenvalue weighted by Gasteiger charge is 2.32. The molecule has 1 unspecified atom stereocenters. The minimum absolute atomic E-state index is 0.413. The molecule has 4 heteroatoms. The highest BCUT2D eigenvalue weighted by atomic mass is 16.4. The predicted molar refractivity (Wildman–Crippen MR) is 77.0 cm³/mol. The van der Waals surface area contributed by atoms with Crippen molar-refractivity contribution in [2.75, 3.05) is 18.0 Å². The first-order valence-corrected chi connectivity index (χ1v) is 6.71. The number of pyridine rings is 1. The van der Waals surface area contributed by atoms with Crippen LogP contribution in [0.1, 0.15) is 17.0 Å². The maximum atomic E-state index is 11.3. The van der Waals surface area contributed by atoms with E-state index >= 15 is 0 Å². The van der Waals surface area contributed by atoms with Crippen LogP contribution in [0, 0.1) is 0 Å². The van der Waals surface area contributed by atoms with Crippen LogP contribution in [0.5, 0.6) is 0 Å². The van der Waals surface area contributed by atoms with Gasteiger partial charge in [-0.2, -0.15) is 0 Å². The molecule has 0 fully saturated rings. The largest absolute Gasteiger partial charge is 0.481 e. The normalized spacial score (nSPS) is 17.0. The van der Waals surface area contributed by atoms with Crippen LogP contribution in [0.3, 0.4) is 0 Å². The maximum Gasteiger partial charge on any atom is 0.312 e. The Balaban J connectivity index is 1.77. The molecule has 20 heavy (non-hydrogen) atoms. The summed E-state index contributed by atoms with van der Waals surface area (Å²) in [4.78, 5) is 17.5. The molecule has 1 aliphatic rings. The van der Waals surface area contributed by atoms with Crippen molar-refractivity contribution >= 4 is 11.7 Å². The quantitative estimate of drug-likeness (QED) is 0.924. The first kappa shape index (κ1) is 12.7. The highest BCUT2D eigenvalue weighted by Crippen LogP contribution is 2.36. The number of carboxylic acids is 1. The fourth-order valence-electron chi connectivity index (χ4n) is 2.72. The van der Waals surface area contributed by atoms with Crippen molar-refractivity contribution in [2.45, 2.75) is 12.3 Å². The number of anilines is 1. The summed E-state index contributed by atoms with van der Waals surface area (Å²) in [7, 11) is 0. The molecule has 2 aromatic rings. The standard InChI is InChI=1S/C16H16N2O2/c19-16(20)14-11-18(15-4-2-1-3-13(14)15)10-7-12-5-8-17-9-6-12/h1-6,8-9,14H,7,10-11H2,(H,19,20).